The van der Waals surface area contributed by atoms with Crippen LogP contribution in [0.4, 0.5) is 39.4 Å². The molecular formula is C41H40N18O. The maximum Gasteiger partial charge on any atom is 0.329 e. The van der Waals surface area contributed by atoms with Crippen molar-refractivity contribution < 1.29 is 4.79 Å². The average molecular weight is 801 g/mol. The third-order valence-electron chi connectivity index (χ3n) is 11.0. The fourth-order valence-electron chi connectivity index (χ4n) is 8.11. The Labute approximate surface area is 343 Å². The van der Waals surface area contributed by atoms with Gasteiger partial charge >= 0.3 is 6.03 Å². The Balaban J connectivity index is 0.000000125. The normalized spacial score (nSPS) is 16.9. The molecule has 4 bridgehead atoms. The Morgan fingerprint density at radius 2 is 1.37 bits per heavy atom. The molecule has 0 aliphatic carbocycles. The van der Waals surface area contributed by atoms with Gasteiger partial charge in [-0.2, -0.15) is 0 Å². The molecule has 0 unspecified atom stereocenters. The van der Waals surface area contributed by atoms with Crippen LogP contribution in [0.3, 0.4) is 0 Å². The lowest BCUT2D eigenvalue weighted by Gasteiger charge is -2.35. The quantitative estimate of drug-likeness (QED) is 0.156. The van der Waals surface area contributed by atoms with Crippen LogP contribution in [0, 0.1) is 13.8 Å². The van der Waals surface area contributed by atoms with Crippen LogP contribution in [-0.2, 0) is 0 Å². The van der Waals surface area contributed by atoms with Crippen molar-refractivity contribution in [3.63, 3.8) is 0 Å². The number of anilines is 6. The predicted molar refractivity (Wildman–Crippen MR) is 229 cm³/mol. The van der Waals surface area contributed by atoms with E-state index in [-0.39, 0.29) is 12.1 Å². The molecule has 300 valence electrons. The van der Waals surface area contributed by atoms with Gasteiger partial charge in [-0.3, -0.25) is 20.2 Å². The Kier molecular flexibility index (Phi) is 9.22. The molecule has 12 rings (SSSR count). The first-order valence-electron chi connectivity index (χ1n) is 19.6. The first-order valence-corrected chi connectivity index (χ1v) is 19.6. The van der Waals surface area contributed by atoms with Gasteiger partial charge < -0.3 is 30.8 Å². The molecule has 2 atom stereocenters. The lowest BCUT2D eigenvalue weighted by Crippen LogP contribution is -2.48. The third kappa shape index (κ3) is 6.94. The summed E-state index contributed by atoms with van der Waals surface area (Å²) in [6.07, 6.45) is 11.6. The standard InChI is InChI=1S/C21H19N9O.C15H16N4.C5H5N5/c1-12-8-13(4-6-22-12)15-2-3-16-20(27-15)30(14-5-7-29(16)9-14)21(31)28-19-17-18(24-10-23-17)25-11-26-19;1-10-8-11(4-6-16-10)13-2-3-14-15(18-13)17-12-5-7-19(14)9-12;6-4-3-5(9-1-7-3)10-2-8-4/h2-4,6,8,10-11,14H,5,7,9H2,1H3,(H2,23,24,25,26,28,31);2-4,6,8,12H,5,7,9H2,1H3,(H,17,18);1-2H,(H3,6,7,8,9,10)/t14-;12-;/m00./s1. The number of nitrogens with zero attached hydrogens (tertiary/aromatic N) is 13. The van der Waals surface area contributed by atoms with Crippen LogP contribution in [0.2, 0.25) is 0 Å². The van der Waals surface area contributed by atoms with Crippen LogP contribution in [-0.4, -0.2) is 104 Å². The first-order chi connectivity index (χ1) is 29.3. The van der Waals surface area contributed by atoms with E-state index in [0.717, 1.165) is 78.0 Å². The summed E-state index contributed by atoms with van der Waals surface area (Å²) in [5.41, 5.74) is 15.9. The summed E-state index contributed by atoms with van der Waals surface area (Å²) in [6, 6.07) is 16.7. The monoisotopic (exact) mass is 800 g/mol. The zero-order valence-electron chi connectivity index (χ0n) is 32.8. The van der Waals surface area contributed by atoms with Gasteiger partial charge in [-0.05, 0) is 75.2 Å². The highest BCUT2D eigenvalue weighted by Crippen LogP contribution is 2.41. The van der Waals surface area contributed by atoms with Crippen LogP contribution in [0.25, 0.3) is 44.8 Å². The van der Waals surface area contributed by atoms with E-state index in [1.807, 2.05) is 50.4 Å². The third-order valence-corrected chi connectivity index (χ3v) is 11.0. The minimum Gasteiger partial charge on any atom is -0.382 e. The van der Waals surface area contributed by atoms with Gasteiger partial charge in [0.05, 0.1) is 41.5 Å². The molecule has 0 saturated carbocycles. The number of aromatic amines is 2. The number of amides is 2. The molecule has 0 aromatic carbocycles. The smallest absolute Gasteiger partial charge is 0.329 e. The Bertz CT molecular complexity index is 2880. The molecule has 4 aliphatic heterocycles. The van der Waals surface area contributed by atoms with Crippen molar-refractivity contribution in [2.45, 2.75) is 38.8 Å². The molecule has 4 aliphatic rings. The molecule has 19 nitrogen and oxygen atoms in total. The number of carbonyl (C=O) groups is 1. The lowest BCUT2D eigenvalue weighted by atomic mass is 10.1. The fraction of sp³-hybridized carbons (Fsp3) is 0.244. The second-order valence-electron chi connectivity index (χ2n) is 14.9. The molecule has 0 radical (unpaired) electrons. The van der Waals surface area contributed by atoms with Gasteiger partial charge in [0.25, 0.3) is 0 Å². The SMILES string of the molecule is Cc1cc(-c2ccc3c(n2)N(C(=O)Nc2ncnc4nc[nH]c24)[C@H]2CCN3C2)ccn1.Cc1cc(-c2ccc3c(n2)N[C@H]2CCN3C2)ccn1.Nc1ncnc2nc[nH]c12. The van der Waals surface area contributed by atoms with Gasteiger partial charge in [-0.15, -0.1) is 0 Å². The van der Waals surface area contributed by atoms with Gasteiger partial charge in [-0.25, -0.2) is 44.7 Å². The topological polar surface area (TPSA) is 237 Å². The number of pyridine rings is 4. The van der Waals surface area contributed by atoms with Crippen molar-refractivity contribution >= 4 is 63.0 Å². The number of rotatable bonds is 3. The molecule has 60 heavy (non-hydrogen) atoms. The van der Waals surface area contributed by atoms with Gasteiger partial charge in [-0.1, -0.05) is 0 Å². The van der Waals surface area contributed by atoms with E-state index in [1.54, 1.807) is 11.1 Å². The molecule has 12 heterocycles. The summed E-state index contributed by atoms with van der Waals surface area (Å²) < 4.78 is 0. The Morgan fingerprint density at radius 3 is 2.10 bits per heavy atom. The van der Waals surface area contributed by atoms with Gasteiger partial charge in [0.2, 0.25) is 0 Å². The van der Waals surface area contributed by atoms with Gasteiger partial charge in [0.15, 0.2) is 34.6 Å². The number of hydrogen-bond acceptors (Lipinski definition) is 15. The Hall–Kier alpha value is -7.83. The average Bonchev–Trinajstić information content (AvgIpc) is 4.10. The molecule has 8 aromatic heterocycles. The zero-order valence-corrected chi connectivity index (χ0v) is 32.8. The van der Waals surface area contributed by atoms with Crippen molar-refractivity contribution in [2.75, 3.05) is 57.2 Å². The van der Waals surface area contributed by atoms with E-state index in [1.165, 1.54) is 37.4 Å². The minimum atomic E-state index is -0.266. The van der Waals surface area contributed by atoms with Crippen LogP contribution < -0.4 is 31.1 Å². The summed E-state index contributed by atoms with van der Waals surface area (Å²) >= 11 is 0. The summed E-state index contributed by atoms with van der Waals surface area (Å²) in [7, 11) is 0. The van der Waals surface area contributed by atoms with E-state index in [4.69, 9.17) is 15.7 Å². The number of imidazole rings is 2. The molecule has 8 aromatic rings. The number of nitrogens with two attached hydrogens (primary N) is 1. The second kappa shape index (κ2) is 15.2. The molecule has 0 spiro atoms. The largest absolute Gasteiger partial charge is 0.382 e. The summed E-state index contributed by atoms with van der Waals surface area (Å²) in [6.45, 7) is 7.90. The lowest BCUT2D eigenvalue weighted by molar-refractivity contribution is 0.254. The maximum absolute atomic E-state index is 13.4. The van der Waals surface area contributed by atoms with E-state index >= 15 is 0 Å². The Morgan fingerprint density at radius 1 is 0.717 bits per heavy atom. The first kappa shape index (κ1) is 36.5. The van der Waals surface area contributed by atoms with Crippen LogP contribution in [0.15, 0.2) is 86.2 Å². The number of fused-ring (bicyclic) bond motifs is 10. The molecule has 6 N–H and O–H groups in total. The van der Waals surface area contributed by atoms with E-state index in [9.17, 15) is 4.79 Å². The molecular weight excluding hydrogens is 761 g/mol. The maximum atomic E-state index is 13.4. The number of H-pyrrole nitrogens is 2. The summed E-state index contributed by atoms with van der Waals surface area (Å²) in [5, 5.41) is 6.47. The fourth-order valence-corrected chi connectivity index (χ4v) is 8.11. The predicted octanol–water partition coefficient (Wildman–Crippen LogP) is 5.14. The highest BCUT2D eigenvalue weighted by Gasteiger charge is 2.40. The van der Waals surface area contributed by atoms with Gasteiger partial charge in [0, 0.05) is 67.1 Å². The van der Waals surface area contributed by atoms with Crippen molar-refractivity contribution in [3.05, 3.63) is 97.6 Å². The second-order valence-corrected chi connectivity index (χ2v) is 14.9. The van der Waals surface area contributed by atoms with Crippen LogP contribution in [0.1, 0.15) is 24.2 Å². The number of aromatic nitrogens is 12. The molecule has 19 heteroatoms. The van der Waals surface area contributed by atoms with Crippen molar-refractivity contribution in [3.8, 4) is 22.5 Å². The van der Waals surface area contributed by atoms with Gasteiger partial charge in [0.1, 0.15) is 23.7 Å². The number of nitrogens with one attached hydrogen (secondary N) is 4. The highest BCUT2D eigenvalue weighted by atomic mass is 16.2. The number of aryl methyl sites for hydroxylation is 2. The van der Waals surface area contributed by atoms with Crippen molar-refractivity contribution in [2.24, 2.45) is 0 Å². The summed E-state index contributed by atoms with van der Waals surface area (Å²) in [5.74, 6) is 2.52. The summed E-state index contributed by atoms with van der Waals surface area (Å²) in [4.78, 5) is 67.9. The number of carbonyl (C=O) groups excluding carboxylic acids is 1. The van der Waals surface area contributed by atoms with Crippen molar-refractivity contribution in [1.29, 1.82) is 0 Å². The van der Waals surface area contributed by atoms with Crippen LogP contribution >= 0.6 is 0 Å². The van der Waals surface area contributed by atoms with Crippen molar-refractivity contribution in [1.82, 2.24) is 59.8 Å². The molecule has 2 amide bonds. The van der Waals surface area contributed by atoms with E-state index in [0.29, 0.717) is 45.8 Å². The highest BCUT2D eigenvalue weighted by molar-refractivity contribution is 6.06. The number of nitrogen functional groups attached to an aromatic ring is 1. The zero-order chi connectivity index (χ0) is 40.7. The minimum absolute atomic E-state index is 0.0496. The number of hydrogen-bond donors (Lipinski definition) is 5. The van der Waals surface area contributed by atoms with E-state index < -0.39 is 0 Å². The molecule has 2 fully saturated rings. The molecule has 2 saturated heterocycles. The van der Waals surface area contributed by atoms with E-state index in [2.05, 4.69) is 88.5 Å². The van der Waals surface area contributed by atoms with Crippen LogP contribution in [0.5, 0.6) is 0 Å². The number of urea groups is 1.